The molecule has 3 heterocycles. The molecule has 1 saturated carbocycles. The van der Waals surface area contributed by atoms with Crippen LogP contribution in [-0.2, 0) is 6.42 Å². The van der Waals surface area contributed by atoms with Gasteiger partial charge in [0, 0.05) is 61.5 Å². The highest BCUT2D eigenvalue weighted by atomic mass is 19.1. The average molecular weight is 448 g/mol. The topological polar surface area (TPSA) is 43.9 Å². The molecular formula is C27H30FN3O2. The lowest BCUT2D eigenvalue weighted by Crippen LogP contribution is -2.47. The van der Waals surface area contributed by atoms with Crippen molar-refractivity contribution in [3.05, 3.63) is 58.9 Å². The van der Waals surface area contributed by atoms with Crippen LogP contribution in [-0.4, -0.2) is 71.3 Å². The van der Waals surface area contributed by atoms with Crippen molar-refractivity contribution in [2.24, 2.45) is 0 Å². The van der Waals surface area contributed by atoms with Crippen molar-refractivity contribution >= 4 is 11.8 Å². The maximum absolute atomic E-state index is 14.9. The molecule has 5 nitrogen and oxygen atoms in total. The summed E-state index contributed by atoms with van der Waals surface area (Å²) < 4.78 is 14.9. The summed E-state index contributed by atoms with van der Waals surface area (Å²) in [5.74, 6) is -0.392. The van der Waals surface area contributed by atoms with E-state index in [4.69, 9.17) is 0 Å². The molecule has 2 aromatic rings. The summed E-state index contributed by atoms with van der Waals surface area (Å²) in [5, 5.41) is 0. The Hall–Kier alpha value is -2.73. The van der Waals surface area contributed by atoms with Crippen LogP contribution in [0.4, 0.5) is 4.39 Å². The number of amides is 2. The zero-order chi connectivity index (χ0) is 22.5. The van der Waals surface area contributed by atoms with Gasteiger partial charge in [0.05, 0.1) is 0 Å². The van der Waals surface area contributed by atoms with Gasteiger partial charge in [-0.2, -0.15) is 0 Å². The average Bonchev–Trinajstić information content (AvgIpc) is 3.20. The summed E-state index contributed by atoms with van der Waals surface area (Å²) in [7, 11) is 0. The van der Waals surface area contributed by atoms with Crippen LogP contribution in [0.3, 0.4) is 0 Å². The van der Waals surface area contributed by atoms with Crippen molar-refractivity contribution in [2.75, 3.05) is 32.7 Å². The number of benzene rings is 2. The van der Waals surface area contributed by atoms with E-state index in [1.54, 1.807) is 17.0 Å². The molecule has 2 amide bonds. The van der Waals surface area contributed by atoms with Gasteiger partial charge in [-0.05, 0) is 61.4 Å². The first-order valence-corrected chi connectivity index (χ1v) is 12.4. The van der Waals surface area contributed by atoms with Gasteiger partial charge < -0.3 is 9.80 Å². The van der Waals surface area contributed by atoms with Crippen LogP contribution in [0.2, 0.25) is 0 Å². The molecule has 0 unspecified atom stereocenters. The van der Waals surface area contributed by atoms with Crippen LogP contribution in [0.25, 0.3) is 11.1 Å². The summed E-state index contributed by atoms with van der Waals surface area (Å²) in [4.78, 5) is 32.0. The predicted molar refractivity (Wildman–Crippen MR) is 125 cm³/mol. The summed E-state index contributed by atoms with van der Waals surface area (Å²) in [6.07, 6.45) is 6.80. The second-order valence-electron chi connectivity index (χ2n) is 9.98. The number of carbonyl (C=O) groups is 2. The molecule has 2 aromatic carbocycles. The van der Waals surface area contributed by atoms with E-state index < -0.39 is 5.82 Å². The number of hydrogen-bond acceptors (Lipinski definition) is 3. The van der Waals surface area contributed by atoms with Gasteiger partial charge in [-0.1, -0.05) is 24.6 Å². The van der Waals surface area contributed by atoms with E-state index in [-0.39, 0.29) is 11.8 Å². The van der Waals surface area contributed by atoms with E-state index >= 15 is 0 Å². The number of halogens is 1. The van der Waals surface area contributed by atoms with Crippen molar-refractivity contribution in [1.82, 2.24) is 14.7 Å². The molecule has 0 bridgehead atoms. The molecule has 0 radical (unpaired) electrons. The van der Waals surface area contributed by atoms with Crippen molar-refractivity contribution in [3.63, 3.8) is 0 Å². The predicted octanol–water partition coefficient (Wildman–Crippen LogP) is 3.96. The first kappa shape index (κ1) is 20.8. The molecule has 4 aliphatic rings. The van der Waals surface area contributed by atoms with E-state index in [1.165, 1.54) is 25.3 Å². The van der Waals surface area contributed by atoms with Crippen LogP contribution in [0, 0.1) is 5.82 Å². The van der Waals surface area contributed by atoms with Gasteiger partial charge in [0.25, 0.3) is 11.8 Å². The number of fused-ring (bicyclic) bond motifs is 1. The highest BCUT2D eigenvalue weighted by molar-refractivity contribution is 5.98. The highest BCUT2D eigenvalue weighted by Crippen LogP contribution is 2.33. The van der Waals surface area contributed by atoms with Gasteiger partial charge in [-0.3, -0.25) is 14.5 Å². The fourth-order valence-electron chi connectivity index (χ4n) is 5.71. The minimum absolute atomic E-state index is 0.106. The lowest BCUT2D eigenvalue weighted by atomic mass is 9.91. The van der Waals surface area contributed by atoms with E-state index in [2.05, 4.69) is 9.80 Å². The summed E-state index contributed by atoms with van der Waals surface area (Å²) in [5.41, 5.74) is 3.36. The van der Waals surface area contributed by atoms with Crippen LogP contribution < -0.4 is 0 Å². The van der Waals surface area contributed by atoms with Gasteiger partial charge in [0.1, 0.15) is 5.82 Å². The molecule has 33 heavy (non-hydrogen) atoms. The van der Waals surface area contributed by atoms with Gasteiger partial charge in [-0.15, -0.1) is 0 Å². The quantitative estimate of drug-likeness (QED) is 0.713. The van der Waals surface area contributed by atoms with E-state index in [0.29, 0.717) is 17.2 Å². The molecule has 1 atom stereocenters. The minimum atomic E-state index is -0.396. The largest absolute Gasteiger partial charge is 0.339 e. The molecular weight excluding hydrogens is 417 g/mol. The lowest BCUT2D eigenvalue weighted by molar-refractivity contribution is 0.0641. The second kappa shape index (κ2) is 8.24. The molecule has 3 aliphatic heterocycles. The first-order valence-electron chi connectivity index (χ1n) is 12.4. The van der Waals surface area contributed by atoms with Crippen molar-refractivity contribution in [1.29, 1.82) is 0 Å². The number of likely N-dealkylation sites (tertiary alicyclic amines) is 2. The van der Waals surface area contributed by atoms with Crippen LogP contribution in [0.1, 0.15) is 58.4 Å². The Balaban J connectivity index is 1.19. The Morgan fingerprint density at radius 3 is 2.39 bits per heavy atom. The Kier molecular flexibility index (Phi) is 5.21. The normalized spacial score (nSPS) is 23.3. The minimum Gasteiger partial charge on any atom is -0.339 e. The second-order valence-corrected chi connectivity index (χ2v) is 9.98. The molecule has 0 spiro atoms. The fourth-order valence-corrected chi connectivity index (χ4v) is 5.71. The Morgan fingerprint density at radius 1 is 0.879 bits per heavy atom. The number of hydrogen-bond donors (Lipinski definition) is 0. The summed E-state index contributed by atoms with van der Waals surface area (Å²) >= 11 is 0. The monoisotopic (exact) mass is 447 g/mol. The molecule has 172 valence electrons. The zero-order valence-corrected chi connectivity index (χ0v) is 18.9. The van der Waals surface area contributed by atoms with E-state index in [9.17, 15) is 14.0 Å². The third kappa shape index (κ3) is 3.65. The van der Waals surface area contributed by atoms with Gasteiger partial charge >= 0.3 is 0 Å². The molecule has 6 heteroatoms. The zero-order valence-electron chi connectivity index (χ0n) is 18.9. The van der Waals surface area contributed by atoms with Crippen LogP contribution >= 0.6 is 0 Å². The van der Waals surface area contributed by atoms with Gasteiger partial charge in [-0.25, -0.2) is 4.39 Å². The Morgan fingerprint density at radius 2 is 1.70 bits per heavy atom. The SMILES string of the molecule is O=C(c1ccc(-c2ccc3c(c2)CCN([C@@H]2CCN(C4CCC4)C2)C3=O)c(F)c1)N1CCC1. The highest BCUT2D eigenvalue weighted by Gasteiger charge is 2.37. The maximum atomic E-state index is 14.9. The maximum Gasteiger partial charge on any atom is 0.254 e. The van der Waals surface area contributed by atoms with E-state index in [1.807, 2.05) is 18.2 Å². The first-order chi connectivity index (χ1) is 16.1. The molecule has 6 rings (SSSR count). The Bertz CT molecular complexity index is 1110. The van der Waals surface area contributed by atoms with Crippen molar-refractivity contribution < 1.29 is 14.0 Å². The summed E-state index contributed by atoms with van der Waals surface area (Å²) in [6, 6.07) is 11.4. The summed E-state index contributed by atoms with van der Waals surface area (Å²) in [6.45, 7) is 4.32. The van der Waals surface area contributed by atoms with Gasteiger partial charge in [0.15, 0.2) is 0 Å². The van der Waals surface area contributed by atoms with Crippen LogP contribution in [0.15, 0.2) is 36.4 Å². The third-order valence-electron chi connectivity index (χ3n) is 8.12. The number of rotatable bonds is 4. The van der Waals surface area contributed by atoms with Gasteiger partial charge in [0.2, 0.25) is 0 Å². The smallest absolute Gasteiger partial charge is 0.254 e. The fraction of sp³-hybridized carbons (Fsp3) is 0.481. The molecule has 0 N–H and O–H groups in total. The lowest BCUT2D eigenvalue weighted by Gasteiger charge is -2.37. The number of nitrogens with zero attached hydrogens (tertiary/aromatic N) is 3. The van der Waals surface area contributed by atoms with Crippen molar-refractivity contribution in [2.45, 2.75) is 50.6 Å². The molecule has 1 aliphatic carbocycles. The Labute approximate surface area is 194 Å². The number of carbonyl (C=O) groups excluding carboxylic acids is 2. The molecule has 3 fully saturated rings. The standard InChI is InChI=1S/C27H30FN3O2/c28-25-16-20(26(32)29-11-2-12-29)6-7-23(25)18-5-8-24-19(15-18)9-14-31(27(24)33)22-10-13-30(17-22)21-3-1-4-21/h5-8,15-16,21-22H,1-4,9-14,17H2/t22-/m1/s1. The molecule has 2 saturated heterocycles. The third-order valence-corrected chi connectivity index (χ3v) is 8.12. The van der Waals surface area contributed by atoms with Crippen molar-refractivity contribution in [3.8, 4) is 11.1 Å². The van der Waals surface area contributed by atoms with E-state index in [0.717, 1.165) is 74.7 Å². The van der Waals surface area contributed by atoms with Crippen LogP contribution in [0.5, 0.6) is 0 Å². The molecule has 0 aromatic heterocycles.